The molecule has 1 unspecified atom stereocenters. The molecule has 0 saturated carbocycles. The van der Waals surface area contributed by atoms with Gasteiger partial charge >= 0.3 is 6.16 Å². The van der Waals surface area contributed by atoms with Crippen LogP contribution in [0.25, 0.3) is 0 Å². The minimum absolute atomic E-state index is 0.149. The van der Waals surface area contributed by atoms with E-state index in [2.05, 4.69) is 0 Å². The summed E-state index contributed by atoms with van der Waals surface area (Å²) in [6.45, 7) is 6.80. The van der Waals surface area contributed by atoms with Crippen LogP contribution in [0, 0.1) is 0 Å². The molecule has 5 heteroatoms. The third-order valence-corrected chi connectivity index (χ3v) is 1.76. The molecule has 1 aliphatic rings. The predicted molar refractivity (Wildman–Crippen MR) is 55.8 cm³/mol. The van der Waals surface area contributed by atoms with Gasteiger partial charge in [-0.1, -0.05) is 0 Å². The summed E-state index contributed by atoms with van der Waals surface area (Å²) < 4.78 is 14.9. The summed E-state index contributed by atoms with van der Waals surface area (Å²) in [5.74, 6) is -0.149. The normalized spacial score (nSPS) is 25.4. The van der Waals surface area contributed by atoms with Crippen molar-refractivity contribution < 1.29 is 23.8 Å². The van der Waals surface area contributed by atoms with Gasteiger partial charge in [-0.25, -0.2) is 4.79 Å². The molecular weight excluding hydrogens is 212 g/mol. The van der Waals surface area contributed by atoms with Crippen molar-refractivity contribution >= 4 is 11.9 Å². The Bertz CT molecular complexity index is 313. The summed E-state index contributed by atoms with van der Waals surface area (Å²) in [5.41, 5.74) is -0.614. The quantitative estimate of drug-likeness (QED) is 0.640. The molecule has 0 bridgehead atoms. The van der Waals surface area contributed by atoms with E-state index in [0.29, 0.717) is 0 Å². The van der Waals surface area contributed by atoms with Crippen molar-refractivity contribution in [1.29, 1.82) is 0 Å². The summed E-state index contributed by atoms with van der Waals surface area (Å²) >= 11 is 0. The van der Waals surface area contributed by atoms with E-state index in [-0.39, 0.29) is 5.78 Å². The van der Waals surface area contributed by atoms with E-state index in [0.717, 1.165) is 0 Å². The molecule has 0 aromatic carbocycles. The second-order valence-corrected chi connectivity index (χ2v) is 4.49. The number of rotatable bonds is 1. The van der Waals surface area contributed by atoms with Gasteiger partial charge in [0.25, 0.3) is 0 Å². The topological polar surface area (TPSA) is 61.8 Å². The Labute approximate surface area is 94.4 Å². The Morgan fingerprint density at radius 2 is 2.06 bits per heavy atom. The average molecular weight is 228 g/mol. The Morgan fingerprint density at radius 3 is 2.56 bits per heavy atom. The van der Waals surface area contributed by atoms with E-state index in [4.69, 9.17) is 14.2 Å². The van der Waals surface area contributed by atoms with E-state index in [1.54, 1.807) is 27.7 Å². The second-order valence-electron chi connectivity index (χ2n) is 4.49. The number of carbonyl (C=O) groups excluding carboxylic acids is 2. The Balaban J connectivity index is 2.47. The molecule has 0 aliphatic carbocycles. The molecule has 1 rings (SSSR count). The molecule has 0 N–H and O–H groups in total. The van der Waals surface area contributed by atoms with Crippen LogP contribution < -0.4 is 0 Å². The summed E-state index contributed by atoms with van der Waals surface area (Å²) in [4.78, 5) is 22.3. The summed E-state index contributed by atoms with van der Waals surface area (Å²) in [6.07, 6.45) is 0.443. The smallest absolute Gasteiger partial charge is 0.428 e. The van der Waals surface area contributed by atoms with Gasteiger partial charge in [0.1, 0.15) is 11.7 Å². The first kappa shape index (κ1) is 12.7. The molecule has 0 amide bonds. The molecule has 0 aromatic heterocycles. The van der Waals surface area contributed by atoms with Gasteiger partial charge < -0.3 is 14.2 Å². The van der Waals surface area contributed by atoms with E-state index >= 15 is 0 Å². The van der Waals surface area contributed by atoms with Crippen LogP contribution in [-0.4, -0.2) is 29.9 Å². The van der Waals surface area contributed by atoms with E-state index in [1.807, 2.05) is 0 Å². The maximum atomic E-state index is 11.3. The van der Waals surface area contributed by atoms with Crippen molar-refractivity contribution in [2.75, 3.05) is 0 Å². The first-order valence-electron chi connectivity index (χ1n) is 5.05. The van der Waals surface area contributed by atoms with Crippen molar-refractivity contribution in [2.24, 2.45) is 0 Å². The highest BCUT2D eigenvalue weighted by molar-refractivity contribution is 5.93. The lowest BCUT2D eigenvalue weighted by molar-refractivity contribution is -0.154. The average Bonchev–Trinajstić information content (AvgIpc) is 2.08. The molecular formula is C11H16O5. The predicted octanol–water partition coefficient (Wildman–Crippen LogP) is 1.81. The van der Waals surface area contributed by atoms with E-state index < -0.39 is 24.2 Å². The van der Waals surface area contributed by atoms with E-state index in [9.17, 15) is 9.59 Å². The molecule has 0 radical (unpaired) electrons. The molecule has 5 nitrogen and oxygen atoms in total. The molecule has 1 aliphatic heterocycles. The monoisotopic (exact) mass is 228 g/mol. The van der Waals surface area contributed by atoms with Gasteiger partial charge in [-0.3, -0.25) is 4.79 Å². The first-order chi connectivity index (χ1) is 7.28. The van der Waals surface area contributed by atoms with Crippen LogP contribution in [-0.2, 0) is 19.0 Å². The van der Waals surface area contributed by atoms with Crippen molar-refractivity contribution in [3.8, 4) is 0 Å². The molecule has 2 atom stereocenters. The zero-order chi connectivity index (χ0) is 12.3. The highest BCUT2D eigenvalue weighted by atomic mass is 16.8. The lowest BCUT2D eigenvalue weighted by Crippen LogP contribution is -2.34. The maximum Gasteiger partial charge on any atom is 0.511 e. The first-order valence-corrected chi connectivity index (χ1v) is 5.05. The van der Waals surface area contributed by atoms with Gasteiger partial charge in [0.15, 0.2) is 5.78 Å². The van der Waals surface area contributed by atoms with Crippen LogP contribution in [0.1, 0.15) is 27.7 Å². The zero-order valence-electron chi connectivity index (χ0n) is 9.85. The van der Waals surface area contributed by atoms with Gasteiger partial charge in [-0.2, -0.15) is 0 Å². The van der Waals surface area contributed by atoms with Crippen LogP contribution in [0.5, 0.6) is 0 Å². The molecule has 16 heavy (non-hydrogen) atoms. The summed E-state index contributed by atoms with van der Waals surface area (Å²) in [5, 5.41) is 0. The Kier molecular flexibility index (Phi) is 3.70. The lowest BCUT2D eigenvalue weighted by atomic mass is 10.2. The van der Waals surface area contributed by atoms with Crippen LogP contribution >= 0.6 is 0 Å². The van der Waals surface area contributed by atoms with Crippen molar-refractivity contribution in [2.45, 2.75) is 45.7 Å². The third kappa shape index (κ3) is 4.02. The summed E-state index contributed by atoms with van der Waals surface area (Å²) in [7, 11) is 0. The van der Waals surface area contributed by atoms with Crippen LogP contribution in [0.15, 0.2) is 12.2 Å². The number of hydrogen-bond acceptors (Lipinski definition) is 5. The fourth-order valence-electron chi connectivity index (χ4n) is 1.06. The number of ether oxygens (including phenoxy) is 3. The van der Waals surface area contributed by atoms with Crippen LogP contribution in [0.3, 0.4) is 0 Å². The highest BCUT2D eigenvalue weighted by Gasteiger charge is 2.26. The number of hydrogen-bond donors (Lipinski definition) is 0. The van der Waals surface area contributed by atoms with Gasteiger partial charge in [0.2, 0.25) is 6.29 Å². The van der Waals surface area contributed by atoms with Crippen molar-refractivity contribution in [1.82, 2.24) is 0 Å². The Morgan fingerprint density at radius 1 is 1.44 bits per heavy atom. The molecule has 0 spiro atoms. The number of ketones is 1. The van der Waals surface area contributed by atoms with Gasteiger partial charge in [0, 0.05) is 0 Å². The fourth-order valence-corrected chi connectivity index (χ4v) is 1.06. The molecule has 0 saturated heterocycles. The minimum Gasteiger partial charge on any atom is -0.428 e. The summed E-state index contributed by atoms with van der Waals surface area (Å²) in [6, 6.07) is 0. The lowest BCUT2D eigenvalue weighted by Gasteiger charge is -2.24. The largest absolute Gasteiger partial charge is 0.511 e. The minimum atomic E-state index is -0.859. The third-order valence-electron chi connectivity index (χ3n) is 1.76. The van der Waals surface area contributed by atoms with Crippen molar-refractivity contribution in [3.05, 3.63) is 12.2 Å². The zero-order valence-corrected chi connectivity index (χ0v) is 9.85. The SMILES string of the molecule is CC1O[C@@H](OC(=O)OC(C)(C)C)C=CC1=O. The fraction of sp³-hybridized carbons (Fsp3) is 0.636. The van der Waals surface area contributed by atoms with Crippen molar-refractivity contribution in [3.63, 3.8) is 0 Å². The van der Waals surface area contributed by atoms with Gasteiger partial charge in [0.05, 0.1) is 0 Å². The van der Waals surface area contributed by atoms with Crippen LogP contribution in [0.2, 0.25) is 0 Å². The second kappa shape index (κ2) is 4.65. The van der Waals surface area contributed by atoms with Crippen LogP contribution in [0.4, 0.5) is 4.79 Å². The molecule has 0 fully saturated rings. The van der Waals surface area contributed by atoms with Gasteiger partial charge in [-0.15, -0.1) is 0 Å². The maximum absolute atomic E-state index is 11.3. The van der Waals surface area contributed by atoms with Gasteiger partial charge in [-0.05, 0) is 39.8 Å². The molecule has 0 aromatic rings. The Hall–Kier alpha value is -1.36. The number of carbonyl (C=O) groups is 2. The molecule has 1 heterocycles. The standard InChI is InChI=1S/C11H16O5/c1-7-8(12)5-6-9(14-7)15-10(13)16-11(2,3)4/h5-7,9H,1-4H3/t7?,9-/m0/s1. The van der Waals surface area contributed by atoms with E-state index in [1.165, 1.54) is 12.2 Å². The highest BCUT2D eigenvalue weighted by Crippen LogP contribution is 2.14. The molecule has 90 valence electrons.